The van der Waals surface area contributed by atoms with Crippen molar-refractivity contribution in [3.8, 4) is 22.6 Å². The zero-order chi connectivity index (χ0) is 23.5. The van der Waals surface area contributed by atoms with Crippen molar-refractivity contribution < 1.29 is 4.39 Å². The number of aromatic nitrogens is 4. The first-order chi connectivity index (χ1) is 16.6. The van der Waals surface area contributed by atoms with Crippen LogP contribution < -0.4 is 10.6 Å². The van der Waals surface area contributed by atoms with Crippen molar-refractivity contribution in [3.05, 3.63) is 102 Å². The van der Waals surface area contributed by atoms with Gasteiger partial charge in [-0.15, -0.1) is 0 Å². The van der Waals surface area contributed by atoms with Crippen LogP contribution in [0, 0.1) is 5.82 Å². The van der Waals surface area contributed by atoms with E-state index in [9.17, 15) is 4.39 Å². The molecule has 2 aromatic carbocycles. The summed E-state index contributed by atoms with van der Waals surface area (Å²) in [6.45, 7) is 2.82. The van der Waals surface area contributed by atoms with Gasteiger partial charge in [0.15, 0.2) is 0 Å². The molecule has 0 saturated heterocycles. The molecule has 7 heteroatoms. The Kier molecular flexibility index (Phi) is 6.01. The number of nitrogens with zero attached hydrogens (tertiary/aromatic N) is 4. The molecule has 3 heterocycles. The highest BCUT2D eigenvalue weighted by Crippen LogP contribution is 2.32. The monoisotopic (exact) mass is 452 g/mol. The lowest BCUT2D eigenvalue weighted by Gasteiger charge is -2.15. The fourth-order valence-electron chi connectivity index (χ4n) is 4.03. The molecule has 0 spiro atoms. The molecular formula is C27H25FN6. The third-order valence-corrected chi connectivity index (χ3v) is 5.73. The molecule has 0 bridgehead atoms. The minimum absolute atomic E-state index is 0.0410. The molecule has 0 saturated carbocycles. The molecule has 34 heavy (non-hydrogen) atoms. The summed E-state index contributed by atoms with van der Waals surface area (Å²) in [5, 5.41) is 6.56. The van der Waals surface area contributed by atoms with Crippen LogP contribution in [0.2, 0.25) is 0 Å². The molecule has 0 fully saturated rings. The lowest BCUT2D eigenvalue weighted by Crippen LogP contribution is -2.09. The first kappa shape index (κ1) is 21.7. The van der Waals surface area contributed by atoms with E-state index in [4.69, 9.17) is 9.97 Å². The molecule has 5 rings (SSSR count). The molecule has 0 aliphatic rings. The van der Waals surface area contributed by atoms with Crippen LogP contribution in [0.3, 0.4) is 0 Å². The highest BCUT2D eigenvalue weighted by molar-refractivity contribution is 5.80. The normalized spacial score (nSPS) is 12.1. The number of hydrogen-bond donors (Lipinski definition) is 2. The molecule has 6 nitrogen and oxygen atoms in total. The SMILES string of the molecule is CNCc1ccn2c(-c3ccnc(N[C@@H](C)c4ccccc4)n3)c(-c3ccc(F)cc3)nc2c1. The number of nitrogens with one attached hydrogen (secondary N) is 2. The number of pyridine rings is 1. The van der Waals surface area contributed by atoms with E-state index in [1.54, 1.807) is 18.3 Å². The van der Waals surface area contributed by atoms with Crippen LogP contribution in [0.4, 0.5) is 10.3 Å². The fourth-order valence-corrected chi connectivity index (χ4v) is 4.03. The van der Waals surface area contributed by atoms with E-state index in [1.165, 1.54) is 12.1 Å². The second-order valence-electron chi connectivity index (χ2n) is 8.15. The summed E-state index contributed by atoms with van der Waals surface area (Å²) in [6.07, 6.45) is 3.74. The first-order valence-electron chi connectivity index (χ1n) is 11.2. The van der Waals surface area contributed by atoms with E-state index >= 15 is 0 Å². The molecule has 0 radical (unpaired) electrons. The van der Waals surface area contributed by atoms with Crippen LogP contribution in [0.25, 0.3) is 28.3 Å². The predicted octanol–water partition coefficient (Wildman–Crippen LogP) is 5.49. The predicted molar refractivity (Wildman–Crippen MR) is 133 cm³/mol. The van der Waals surface area contributed by atoms with Crippen molar-refractivity contribution in [3.63, 3.8) is 0 Å². The number of halogens is 1. The van der Waals surface area contributed by atoms with Crippen LogP contribution in [0.1, 0.15) is 24.1 Å². The van der Waals surface area contributed by atoms with E-state index in [0.29, 0.717) is 5.95 Å². The smallest absolute Gasteiger partial charge is 0.223 e. The summed E-state index contributed by atoms with van der Waals surface area (Å²) in [4.78, 5) is 14.2. The van der Waals surface area contributed by atoms with Gasteiger partial charge in [0.05, 0.1) is 23.1 Å². The number of hydrogen-bond acceptors (Lipinski definition) is 5. The van der Waals surface area contributed by atoms with Gasteiger partial charge in [-0.2, -0.15) is 0 Å². The lowest BCUT2D eigenvalue weighted by atomic mass is 10.1. The zero-order valence-corrected chi connectivity index (χ0v) is 19.0. The minimum Gasteiger partial charge on any atom is -0.348 e. The highest BCUT2D eigenvalue weighted by atomic mass is 19.1. The Hall–Kier alpha value is -4.10. The second kappa shape index (κ2) is 9.41. The van der Waals surface area contributed by atoms with Crippen LogP contribution in [-0.4, -0.2) is 26.4 Å². The molecule has 3 aromatic heterocycles. The van der Waals surface area contributed by atoms with E-state index in [2.05, 4.69) is 40.7 Å². The van der Waals surface area contributed by atoms with Gasteiger partial charge >= 0.3 is 0 Å². The molecular weight excluding hydrogens is 427 g/mol. The number of imidazole rings is 1. The topological polar surface area (TPSA) is 67.1 Å². The van der Waals surface area contributed by atoms with E-state index in [1.807, 2.05) is 48.0 Å². The number of rotatable bonds is 7. The average molecular weight is 453 g/mol. The Bertz CT molecular complexity index is 1410. The van der Waals surface area contributed by atoms with Crippen molar-refractivity contribution in [2.45, 2.75) is 19.5 Å². The van der Waals surface area contributed by atoms with Gasteiger partial charge in [-0.25, -0.2) is 19.3 Å². The van der Waals surface area contributed by atoms with Gasteiger partial charge in [0.2, 0.25) is 5.95 Å². The Balaban J connectivity index is 1.60. The standard InChI is InChI=1S/C27H25FN6/c1-18(20-6-4-3-5-7-20)31-27-30-14-12-23(32-27)26-25(21-8-10-22(28)11-9-21)33-24-16-19(17-29-2)13-15-34(24)26/h3-16,18,29H,17H2,1-2H3,(H,30,31,32)/t18-/m0/s1. The van der Waals surface area contributed by atoms with E-state index in [0.717, 1.165) is 46.0 Å². The van der Waals surface area contributed by atoms with Gasteiger partial charge in [-0.1, -0.05) is 30.3 Å². The summed E-state index contributed by atoms with van der Waals surface area (Å²) in [5.74, 6) is 0.245. The van der Waals surface area contributed by atoms with Gasteiger partial charge < -0.3 is 10.6 Å². The third-order valence-electron chi connectivity index (χ3n) is 5.73. The van der Waals surface area contributed by atoms with Crippen molar-refractivity contribution in [2.75, 3.05) is 12.4 Å². The summed E-state index contributed by atoms with van der Waals surface area (Å²) in [7, 11) is 1.91. The van der Waals surface area contributed by atoms with Crippen molar-refractivity contribution in [1.82, 2.24) is 24.7 Å². The molecule has 0 amide bonds. The number of fused-ring (bicyclic) bond motifs is 1. The molecule has 0 aliphatic heterocycles. The van der Waals surface area contributed by atoms with Gasteiger partial charge in [-0.05, 0) is 67.6 Å². The van der Waals surface area contributed by atoms with Gasteiger partial charge in [0.25, 0.3) is 0 Å². The summed E-state index contributed by atoms with van der Waals surface area (Å²) in [5.41, 5.74) is 6.19. The molecule has 1 atom stereocenters. The zero-order valence-electron chi connectivity index (χ0n) is 19.0. The summed E-state index contributed by atoms with van der Waals surface area (Å²) >= 11 is 0. The van der Waals surface area contributed by atoms with Crippen molar-refractivity contribution >= 4 is 11.6 Å². The number of benzene rings is 2. The van der Waals surface area contributed by atoms with Crippen LogP contribution >= 0.6 is 0 Å². The van der Waals surface area contributed by atoms with E-state index < -0.39 is 0 Å². The minimum atomic E-state index is -0.284. The van der Waals surface area contributed by atoms with Crippen molar-refractivity contribution in [2.24, 2.45) is 0 Å². The Morgan fingerprint density at radius 2 is 1.76 bits per heavy atom. The first-order valence-corrected chi connectivity index (χ1v) is 11.2. The molecule has 5 aromatic rings. The Morgan fingerprint density at radius 3 is 2.53 bits per heavy atom. The highest BCUT2D eigenvalue weighted by Gasteiger charge is 2.18. The quantitative estimate of drug-likeness (QED) is 0.342. The van der Waals surface area contributed by atoms with Gasteiger partial charge in [-0.3, -0.25) is 4.40 Å². The number of anilines is 1. The molecule has 170 valence electrons. The Labute approximate surface area is 197 Å². The van der Waals surface area contributed by atoms with Gasteiger partial charge in [0, 0.05) is 24.5 Å². The van der Waals surface area contributed by atoms with Crippen LogP contribution in [0.5, 0.6) is 0 Å². The summed E-state index contributed by atoms with van der Waals surface area (Å²) in [6, 6.07) is 22.6. The lowest BCUT2D eigenvalue weighted by molar-refractivity contribution is 0.628. The summed E-state index contributed by atoms with van der Waals surface area (Å²) < 4.78 is 15.6. The van der Waals surface area contributed by atoms with Crippen molar-refractivity contribution in [1.29, 1.82) is 0 Å². The fraction of sp³-hybridized carbons (Fsp3) is 0.148. The average Bonchev–Trinajstić information content (AvgIpc) is 3.24. The largest absolute Gasteiger partial charge is 0.348 e. The van der Waals surface area contributed by atoms with Gasteiger partial charge in [0.1, 0.15) is 11.5 Å². The molecule has 0 aliphatic carbocycles. The maximum absolute atomic E-state index is 13.6. The maximum Gasteiger partial charge on any atom is 0.223 e. The Morgan fingerprint density at radius 1 is 0.971 bits per heavy atom. The maximum atomic E-state index is 13.6. The van der Waals surface area contributed by atoms with Crippen LogP contribution in [-0.2, 0) is 6.54 Å². The third kappa shape index (κ3) is 4.38. The molecule has 0 unspecified atom stereocenters. The molecule has 2 N–H and O–H groups in total. The van der Waals surface area contributed by atoms with E-state index in [-0.39, 0.29) is 11.9 Å². The second-order valence-corrected chi connectivity index (χ2v) is 8.15. The van der Waals surface area contributed by atoms with Crippen LogP contribution in [0.15, 0.2) is 85.2 Å².